The summed E-state index contributed by atoms with van der Waals surface area (Å²) in [6.07, 6.45) is 4.72. The lowest BCUT2D eigenvalue weighted by atomic mass is 10.1. The summed E-state index contributed by atoms with van der Waals surface area (Å²) in [4.78, 5) is 37.4. The van der Waals surface area contributed by atoms with Crippen LogP contribution < -0.4 is 14.8 Å². The van der Waals surface area contributed by atoms with E-state index in [-0.39, 0.29) is 17.5 Å². The van der Waals surface area contributed by atoms with E-state index in [1.54, 1.807) is 44.8 Å². The first-order chi connectivity index (χ1) is 17.8. The molecule has 2 amide bonds. The molecule has 0 radical (unpaired) electrons. The van der Waals surface area contributed by atoms with Gasteiger partial charge in [-0.2, -0.15) is 5.26 Å². The van der Waals surface area contributed by atoms with Crippen LogP contribution in [0.25, 0.3) is 17.1 Å². The number of amides is 2. The second-order valence-electron chi connectivity index (χ2n) is 8.94. The molecular weight excluding hydrogens is 472 g/mol. The Hall–Kier alpha value is -4.36. The largest absolute Gasteiger partial charge is 0.493 e. The highest BCUT2D eigenvalue weighted by Crippen LogP contribution is 2.30. The maximum Gasteiger partial charge on any atom is 0.262 e. The Bertz CT molecular complexity index is 1380. The maximum atomic E-state index is 13.0. The molecule has 1 fully saturated rings. The van der Waals surface area contributed by atoms with Crippen molar-refractivity contribution in [3.63, 3.8) is 0 Å². The van der Waals surface area contributed by atoms with Gasteiger partial charge in [0.05, 0.1) is 25.8 Å². The molecule has 0 bridgehead atoms. The second kappa shape index (κ2) is 11.1. The van der Waals surface area contributed by atoms with Gasteiger partial charge in [0.15, 0.2) is 11.5 Å². The molecule has 1 atom stereocenters. The number of aromatic nitrogens is 2. The molecule has 2 N–H and O–H groups in total. The van der Waals surface area contributed by atoms with Crippen LogP contribution in [0.5, 0.6) is 11.5 Å². The Morgan fingerprint density at radius 3 is 2.57 bits per heavy atom. The van der Waals surface area contributed by atoms with Crippen LogP contribution in [0.2, 0.25) is 0 Å². The van der Waals surface area contributed by atoms with Crippen molar-refractivity contribution in [1.29, 1.82) is 5.26 Å². The molecule has 4 rings (SSSR count). The number of fused-ring (bicyclic) bond motifs is 1. The topological polar surface area (TPSA) is 124 Å². The van der Waals surface area contributed by atoms with Gasteiger partial charge in [-0.3, -0.25) is 9.59 Å². The Morgan fingerprint density at radius 1 is 1.16 bits per heavy atom. The zero-order valence-electron chi connectivity index (χ0n) is 21.4. The zero-order chi connectivity index (χ0) is 26.5. The third-order valence-electron chi connectivity index (χ3n) is 6.52. The van der Waals surface area contributed by atoms with Crippen molar-refractivity contribution < 1.29 is 19.1 Å². The highest BCUT2D eigenvalue weighted by molar-refractivity contribution is 6.04. The van der Waals surface area contributed by atoms with E-state index in [4.69, 9.17) is 9.47 Å². The van der Waals surface area contributed by atoms with Gasteiger partial charge in [-0.05, 0) is 43.8 Å². The third-order valence-corrected chi connectivity index (χ3v) is 6.52. The standard InChI is InChI=1S/C27H30N6O4/c1-17(18-5-6-23(36-3)24(13-18)37-4)31-26(34)19(14-28)11-20-15-29-25-22(20)12-21(16-30-25)27(35)33-9-7-32(2)8-10-33/h5-6,11-13,15-17H,7-10H2,1-4H3,(H,29,30)(H,31,34)/b19-11+/t17-/m1/s1. The molecule has 1 aliphatic rings. The van der Waals surface area contributed by atoms with Crippen LogP contribution in [0.1, 0.15) is 34.5 Å². The van der Waals surface area contributed by atoms with Gasteiger partial charge in [0.2, 0.25) is 0 Å². The Balaban J connectivity index is 1.54. The van der Waals surface area contributed by atoms with Crippen LogP contribution >= 0.6 is 0 Å². The van der Waals surface area contributed by atoms with E-state index >= 15 is 0 Å². The number of piperazine rings is 1. The van der Waals surface area contributed by atoms with Crippen molar-refractivity contribution in [1.82, 2.24) is 25.1 Å². The Morgan fingerprint density at radius 2 is 1.89 bits per heavy atom. The number of nitrogens with one attached hydrogen (secondary N) is 2. The number of benzene rings is 1. The number of hydrogen-bond acceptors (Lipinski definition) is 7. The van der Waals surface area contributed by atoms with E-state index in [9.17, 15) is 14.9 Å². The Kier molecular flexibility index (Phi) is 7.74. The lowest BCUT2D eigenvalue weighted by Crippen LogP contribution is -2.47. The number of methoxy groups -OCH3 is 2. The summed E-state index contributed by atoms with van der Waals surface area (Å²) >= 11 is 0. The molecule has 3 heterocycles. The number of carbonyl (C=O) groups excluding carboxylic acids is 2. The molecule has 37 heavy (non-hydrogen) atoms. The predicted molar refractivity (Wildman–Crippen MR) is 139 cm³/mol. The van der Waals surface area contributed by atoms with Crippen molar-refractivity contribution >= 4 is 28.9 Å². The Labute approximate surface area is 215 Å². The van der Waals surface area contributed by atoms with Crippen molar-refractivity contribution in [2.75, 3.05) is 47.4 Å². The molecule has 0 aliphatic carbocycles. The minimum atomic E-state index is -0.517. The quantitative estimate of drug-likeness (QED) is 0.376. The van der Waals surface area contributed by atoms with Crippen molar-refractivity contribution in [2.45, 2.75) is 13.0 Å². The van der Waals surface area contributed by atoms with Crippen LogP contribution in [0.15, 0.2) is 42.2 Å². The van der Waals surface area contributed by atoms with Crippen LogP contribution in [0.4, 0.5) is 0 Å². The predicted octanol–water partition coefficient (Wildman–Crippen LogP) is 2.75. The molecule has 1 aromatic carbocycles. The van der Waals surface area contributed by atoms with Crippen molar-refractivity contribution in [3.8, 4) is 17.6 Å². The first-order valence-corrected chi connectivity index (χ1v) is 11.9. The number of carbonyl (C=O) groups is 2. The number of aromatic amines is 1. The van der Waals surface area contributed by atoms with Crippen molar-refractivity contribution in [3.05, 3.63) is 58.9 Å². The molecule has 10 heteroatoms. The molecule has 1 saturated heterocycles. The molecular formula is C27H30N6O4. The minimum Gasteiger partial charge on any atom is -0.493 e. The summed E-state index contributed by atoms with van der Waals surface area (Å²) in [5.41, 5.74) is 2.37. The summed E-state index contributed by atoms with van der Waals surface area (Å²) in [7, 11) is 5.13. The van der Waals surface area contributed by atoms with Crippen LogP contribution in [-0.4, -0.2) is 79.0 Å². The van der Waals surface area contributed by atoms with Gasteiger partial charge >= 0.3 is 0 Å². The van der Waals surface area contributed by atoms with Gasteiger partial charge in [0, 0.05) is 49.5 Å². The third kappa shape index (κ3) is 5.57. The number of H-pyrrole nitrogens is 1. The summed E-state index contributed by atoms with van der Waals surface area (Å²) < 4.78 is 10.6. The number of pyridine rings is 1. The highest BCUT2D eigenvalue weighted by atomic mass is 16.5. The van der Waals surface area contributed by atoms with Gasteiger partial charge in [-0.15, -0.1) is 0 Å². The van der Waals surface area contributed by atoms with Gasteiger partial charge in [0.1, 0.15) is 17.3 Å². The number of nitrogens with zero attached hydrogens (tertiary/aromatic N) is 4. The second-order valence-corrected chi connectivity index (χ2v) is 8.94. The van der Waals surface area contributed by atoms with E-state index in [1.807, 2.05) is 31.0 Å². The fraction of sp³-hybridized carbons (Fsp3) is 0.333. The number of hydrogen-bond donors (Lipinski definition) is 2. The minimum absolute atomic E-state index is 0.0657. The first-order valence-electron chi connectivity index (χ1n) is 11.9. The highest BCUT2D eigenvalue weighted by Gasteiger charge is 2.22. The monoisotopic (exact) mass is 502 g/mol. The molecule has 192 valence electrons. The zero-order valence-corrected chi connectivity index (χ0v) is 21.4. The average molecular weight is 503 g/mol. The van der Waals surface area contributed by atoms with Gasteiger partial charge in [0.25, 0.3) is 11.8 Å². The number of likely N-dealkylation sites (N-methyl/N-ethyl adjacent to an activating group) is 1. The SMILES string of the molecule is COc1ccc([C@@H](C)NC(=O)/C(C#N)=C/c2c[nH]c3ncc(C(=O)N4CCN(C)CC4)cc23)cc1OC. The number of rotatable bonds is 7. The average Bonchev–Trinajstić information content (AvgIpc) is 3.32. The van der Waals surface area contributed by atoms with Gasteiger partial charge in [-0.25, -0.2) is 4.98 Å². The van der Waals surface area contributed by atoms with Crippen LogP contribution in [0.3, 0.4) is 0 Å². The maximum absolute atomic E-state index is 13.0. The van der Waals surface area contributed by atoms with Gasteiger partial charge < -0.3 is 29.6 Å². The lowest BCUT2D eigenvalue weighted by molar-refractivity contribution is -0.117. The number of nitriles is 1. The van der Waals surface area contributed by atoms with Gasteiger partial charge in [-0.1, -0.05) is 6.07 Å². The van der Waals surface area contributed by atoms with E-state index < -0.39 is 5.91 Å². The summed E-state index contributed by atoms with van der Waals surface area (Å²) in [5.74, 6) is 0.531. The van der Waals surface area contributed by atoms with E-state index in [0.717, 1.165) is 18.7 Å². The molecule has 2 aromatic heterocycles. The number of ether oxygens (including phenoxy) is 2. The molecule has 0 saturated carbocycles. The molecule has 1 aliphatic heterocycles. The van der Waals surface area contributed by atoms with Crippen molar-refractivity contribution in [2.24, 2.45) is 0 Å². The summed E-state index contributed by atoms with van der Waals surface area (Å²) in [6, 6.07) is 8.72. The molecule has 0 spiro atoms. The lowest BCUT2D eigenvalue weighted by Gasteiger charge is -2.32. The fourth-order valence-corrected chi connectivity index (χ4v) is 4.24. The normalized spacial score (nSPS) is 15.2. The van der Waals surface area contributed by atoms with E-state index in [1.165, 1.54) is 6.08 Å². The van der Waals surface area contributed by atoms with Crippen LogP contribution in [0, 0.1) is 11.3 Å². The summed E-state index contributed by atoms with van der Waals surface area (Å²) in [5, 5.41) is 13.2. The molecule has 10 nitrogen and oxygen atoms in total. The van der Waals surface area contributed by atoms with E-state index in [2.05, 4.69) is 20.2 Å². The first kappa shape index (κ1) is 25.7. The van der Waals surface area contributed by atoms with Crippen LogP contribution in [-0.2, 0) is 4.79 Å². The molecule has 3 aromatic rings. The fourth-order valence-electron chi connectivity index (χ4n) is 4.24. The smallest absolute Gasteiger partial charge is 0.262 e. The van der Waals surface area contributed by atoms with E-state index in [0.29, 0.717) is 46.7 Å². The summed E-state index contributed by atoms with van der Waals surface area (Å²) in [6.45, 7) is 4.78. The molecule has 0 unspecified atom stereocenters.